The highest BCUT2D eigenvalue weighted by molar-refractivity contribution is 6.21. The zero-order chi connectivity index (χ0) is 24.8. The molecule has 0 N–H and O–H groups in total. The zero-order valence-corrected chi connectivity index (χ0v) is 20.6. The van der Waals surface area contributed by atoms with Crippen LogP contribution in [0.15, 0.2) is 133 Å². The van der Waals surface area contributed by atoms with Crippen LogP contribution in [0, 0.1) is 6.92 Å². The smallest absolute Gasteiger partial charge is 0.0705 e. The number of aromatic nitrogens is 1. The zero-order valence-electron chi connectivity index (χ0n) is 20.6. The second kappa shape index (κ2) is 8.72. The molecule has 0 fully saturated rings. The molecule has 0 aliphatic carbocycles. The lowest BCUT2D eigenvalue weighted by Gasteiger charge is -2.18. The molecule has 7 rings (SSSR count). The average Bonchev–Trinajstić information content (AvgIpc) is 2.96. The molecule has 0 radical (unpaired) electrons. The molecule has 7 aromatic rings. The average molecular weight is 472 g/mol. The third kappa shape index (κ3) is 3.68. The molecule has 1 aromatic heterocycles. The Kier molecular flexibility index (Phi) is 5.08. The molecule has 1 heterocycles. The number of hydrogen-bond donors (Lipinski definition) is 0. The van der Waals surface area contributed by atoms with Crippen LogP contribution in [0.4, 0.5) is 0 Å². The van der Waals surface area contributed by atoms with E-state index in [9.17, 15) is 0 Å². The normalized spacial score (nSPS) is 11.4. The number of hydrogen-bond acceptors (Lipinski definition) is 1. The lowest BCUT2D eigenvalue weighted by molar-refractivity contribution is 1.21. The first kappa shape index (κ1) is 21.5. The van der Waals surface area contributed by atoms with Crippen LogP contribution in [-0.4, -0.2) is 4.98 Å². The quantitative estimate of drug-likeness (QED) is 0.234. The Balaban J connectivity index is 1.49. The number of pyridine rings is 1. The Labute approximate surface area is 216 Å². The first-order valence-corrected chi connectivity index (χ1v) is 12.7. The van der Waals surface area contributed by atoms with E-state index in [2.05, 4.69) is 127 Å². The number of nitrogens with zero attached hydrogens (tertiary/aromatic N) is 1. The van der Waals surface area contributed by atoms with E-state index in [4.69, 9.17) is 4.98 Å². The molecule has 0 bridgehead atoms. The maximum Gasteiger partial charge on any atom is 0.0705 e. The molecule has 0 atom stereocenters. The summed E-state index contributed by atoms with van der Waals surface area (Å²) in [7, 11) is 0. The van der Waals surface area contributed by atoms with E-state index in [1.807, 2.05) is 13.0 Å². The van der Waals surface area contributed by atoms with Gasteiger partial charge in [-0.2, -0.15) is 0 Å². The Hall–Kier alpha value is -4.75. The Morgan fingerprint density at radius 2 is 0.919 bits per heavy atom. The van der Waals surface area contributed by atoms with Gasteiger partial charge in [0.15, 0.2) is 0 Å². The van der Waals surface area contributed by atoms with E-state index in [0.717, 1.165) is 17.0 Å². The molecule has 0 aliphatic heterocycles. The fraction of sp³-hybridized carbons (Fsp3) is 0.0278. The van der Waals surface area contributed by atoms with Crippen molar-refractivity contribution in [2.45, 2.75) is 6.92 Å². The van der Waals surface area contributed by atoms with Gasteiger partial charge in [-0.25, -0.2) is 0 Å². The molecule has 174 valence electrons. The molecule has 0 spiro atoms. The number of fused-ring (bicyclic) bond motifs is 3. The third-order valence-corrected chi connectivity index (χ3v) is 7.33. The van der Waals surface area contributed by atoms with Gasteiger partial charge in [-0.3, -0.25) is 4.98 Å². The molecule has 37 heavy (non-hydrogen) atoms. The van der Waals surface area contributed by atoms with Gasteiger partial charge < -0.3 is 0 Å². The lowest BCUT2D eigenvalue weighted by Crippen LogP contribution is -1.91. The molecule has 0 saturated heterocycles. The monoisotopic (exact) mass is 471 g/mol. The first-order chi connectivity index (χ1) is 18.3. The van der Waals surface area contributed by atoms with Gasteiger partial charge >= 0.3 is 0 Å². The molecule has 0 aliphatic rings. The van der Waals surface area contributed by atoms with Gasteiger partial charge in [-0.15, -0.1) is 0 Å². The highest BCUT2D eigenvalue weighted by Crippen LogP contribution is 2.44. The summed E-state index contributed by atoms with van der Waals surface area (Å²) in [5, 5.41) is 7.61. The topological polar surface area (TPSA) is 12.9 Å². The van der Waals surface area contributed by atoms with Crippen molar-refractivity contribution in [3.63, 3.8) is 0 Å². The van der Waals surface area contributed by atoms with E-state index in [-0.39, 0.29) is 0 Å². The number of rotatable bonds is 3. The van der Waals surface area contributed by atoms with Gasteiger partial charge in [0, 0.05) is 11.3 Å². The van der Waals surface area contributed by atoms with Crippen LogP contribution >= 0.6 is 0 Å². The van der Waals surface area contributed by atoms with Gasteiger partial charge in [0.25, 0.3) is 0 Å². The molecule has 0 unspecified atom stereocenters. The van der Waals surface area contributed by atoms with Crippen LogP contribution in [0.3, 0.4) is 0 Å². The minimum absolute atomic E-state index is 1.01. The predicted molar refractivity (Wildman–Crippen MR) is 158 cm³/mol. The van der Waals surface area contributed by atoms with Gasteiger partial charge in [0.2, 0.25) is 0 Å². The van der Waals surface area contributed by atoms with Crippen molar-refractivity contribution in [3.05, 3.63) is 139 Å². The summed E-state index contributed by atoms with van der Waals surface area (Å²) in [6, 6.07) is 48.1. The maximum absolute atomic E-state index is 4.71. The molecule has 0 amide bonds. The first-order valence-electron chi connectivity index (χ1n) is 12.7. The summed E-state index contributed by atoms with van der Waals surface area (Å²) < 4.78 is 0. The van der Waals surface area contributed by atoms with Crippen molar-refractivity contribution < 1.29 is 0 Å². The highest BCUT2D eigenvalue weighted by Gasteiger charge is 2.16. The number of aryl methyl sites for hydroxylation is 1. The minimum atomic E-state index is 1.01. The predicted octanol–water partition coefficient (Wildman–Crippen LogP) is 9.85. The fourth-order valence-electron chi connectivity index (χ4n) is 5.61. The lowest BCUT2D eigenvalue weighted by atomic mass is 9.85. The van der Waals surface area contributed by atoms with Crippen LogP contribution in [0.25, 0.3) is 65.8 Å². The Morgan fingerprint density at radius 3 is 1.54 bits per heavy atom. The maximum atomic E-state index is 4.71. The van der Waals surface area contributed by atoms with Crippen LogP contribution in [0.1, 0.15) is 5.69 Å². The highest BCUT2D eigenvalue weighted by atomic mass is 14.7. The van der Waals surface area contributed by atoms with Gasteiger partial charge in [0.05, 0.1) is 5.69 Å². The van der Waals surface area contributed by atoms with Crippen molar-refractivity contribution in [1.82, 2.24) is 4.98 Å². The molecule has 6 aromatic carbocycles. The summed E-state index contributed by atoms with van der Waals surface area (Å²) in [5.41, 5.74) is 8.21. The van der Waals surface area contributed by atoms with Gasteiger partial charge in [0.1, 0.15) is 0 Å². The van der Waals surface area contributed by atoms with E-state index < -0.39 is 0 Å². The number of benzene rings is 6. The summed E-state index contributed by atoms with van der Waals surface area (Å²) in [6.45, 7) is 2.03. The van der Waals surface area contributed by atoms with Gasteiger partial charge in [-0.05, 0) is 79.7 Å². The molecule has 1 nitrogen and oxygen atoms in total. The van der Waals surface area contributed by atoms with Crippen molar-refractivity contribution in [1.29, 1.82) is 0 Å². The summed E-state index contributed by atoms with van der Waals surface area (Å²) >= 11 is 0. The SMILES string of the molecule is Cc1cccc(-c2ccc(-c3c4ccccc4c(-c4ccc5ccccc5c4)c4ccccc34)cc2)n1. The van der Waals surface area contributed by atoms with E-state index in [1.165, 1.54) is 54.6 Å². The van der Waals surface area contributed by atoms with Gasteiger partial charge in [-0.1, -0.05) is 115 Å². The largest absolute Gasteiger partial charge is 0.253 e. The van der Waals surface area contributed by atoms with Crippen LogP contribution in [-0.2, 0) is 0 Å². The van der Waals surface area contributed by atoms with Crippen LogP contribution < -0.4 is 0 Å². The second-order valence-electron chi connectivity index (χ2n) is 9.64. The van der Waals surface area contributed by atoms with Crippen molar-refractivity contribution in [3.8, 4) is 33.5 Å². The minimum Gasteiger partial charge on any atom is -0.253 e. The second-order valence-corrected chi connectivity index (χ2v) is 9.64. The van der Waals surface area contributed by atoms with Crippen molar-refractivity contribution in [2.75, 3.05) is 0 Å². The van der Waals surface area contributed by atoms with Crippen molar-refractivity contribution in [2.24, 2.45) is 0 Å². The van der Waals surface area contributed by atoms with E-state index in [0.29, 0.717) is 0 Å². The molecule has 0 saturated carbocycles. The standard InChI is InChI=1S/C36H25N/c1-24-9-8-16-34(37-24)26-18-20-27(21-19-26)35-30-12-4-6-14-32(30)36(33-15-7-5-13-31(33)35)29-22-17-25-10-2-3-11-28(25)23-29/h2-23H,1H3. The third-order valence-electron chi connectivity index (χ3n) is 7.33. The summed E-state index contributed by atoms with van der Waals surface area (Å²) in [6.07, 6.45) is 0. The molecular formula is C36H25N. The summed E-state index contributed by atoms with van der Waals surface area (Å²) in [4.78, 5) is 4.71. The van der Waals surface area contributed by atoms with Crippen molar-refractivity contribution >= 4 is 32.3 Å². The fourth-order valence-corrected chi connectivity index (χ4v) is 5.61. The molecular weight excluding hydrogens is 446 g/mol. The molecule has 1 heteroatoms. The Bertz CT molecular complexity index is 1870. The van der Waals surface area contributed by atoms with E-state index in [1.54, 1.807) is 0 Å². The van der Waals surface area contributed by atoms with Crippen LogP contribution in [0.5, 0.6) is 0 Å². The van der Waals surface area contributed by atoms with E-state index >= 15 is 0 Å². The Morgan fingerprint density at radius 1 is 0.405 bits per heavy atom. The van der Waals surface area contributed by atoms with Crippen LogP contribution in [0.2, 0.25) is 0 Å². The summed E-state index contributed by atoms with van der Waals surface area (Å²) in [5.74, 6) is 0.